The number of hydrogen-bond donors (Lipinski definition) is 0. The Balaban J connectivity index is 2.13. The number of rotatable bonds is 5. The van der Waals surface area contributed by atoms with Crippen molar-refractivity contribution in [1.82, 2.24) is 4.90 Å². The number of hydrogen-bond acceptors (Lipinski definition) is 1. The van der Waals surface area contributed by atoms with Crippen LogP contribution in [0.2, 0.25) is 0 Å². The SMILES string of the molecule is CC(C)N(Cc1ccccc1)Cc1ccc(Br)cc1F. The molecule has 2 aromatic rings. The summed E-state index contributed by atoms with van der Waals surface area (Å²) in [6, 6.07) is 15.9. The predicted molar refractivity (Wildman–Crippen MR) is 84.9 cm³/mol. The van der Waals surface area contributed by atoms with Crippen LogP contribution in [0.1, 0.15) is 25.0 Å². The van der Waals surface area contributed by atoms with Crippen molar-refractivity contribution in [3.8, 4) is 0 Å². The third-order valence-electron chi connectivity index (χ3n) is 3.35. The fourth-order valence-corrected chi connectivity index (χ4v) is 2.44. The van der Waals surface area contributed by atoms with Gasteiger partial charge in [0.1, 0.15) is 5.82 Å². The fourth-order valence-electron chi connectivity index (χ4n) is 2.11. The number of nitrogens with zero attached hydrogens (tertiary/aromatic N) is 1. The number of halogens is 2. The molecule has 0 saturated carbocycles. The van der Waals surface area contributed by atoms with Crippen LogP contribution >= 0.6 is 15.9 Å². The lowest BCUT2D eigenvalue weighted by atomic mass is 10.1. The molecule has 0 spiro atoms. The predicted octanol–water partition coefficient (Wildman–Crippen LogP) is 5.00. The Kier molecular flexibility index (Phi) is 5.32. The molecule has 2 rings (SSSR count). The van der Waals surface area contributed by atoms with Gasteiger partial charge in [-0.05, 0) is 31.5 Å². The lowest BCUT2D eigenvalue weighted by Crippen LogP contribution is -2.30. The molecule has 0 bridgehead atoms. The summed E-state index contributed by atoms with van der Waals surface area (Å²) in [6.45, 7) is 5.72. The minimum absolute atomic E-state index is 0.155. The van der Waals surface area contributed by atoms with Crippen LogP contribution in [0, 0.1) is 5.82 Å². The molecule has 1 nitrogen and oxygen atoms in total. The molecule has 0 aliphatic carbocycles. The van der Waals surface area contributed by atoms with Crippen molar-refractivity contribution in [2.45, 2.75) is 33.0 Å². The molecular weight excluding hydrogens is 317 g/mol. The van der Waals surface area contributed by atoms with Crippen LogP contribution in [0.5, 0.6) is 0 Å². The summed E-state index contributed by atoms with van der Waals surface area (Å²) in [5.41, 5.74) is 1.98. The van der Waals surface area contributed by atoms with Crippen molar-refractivity contribution < 1.29 is 4.39 Å². The van der Waals surface area contributed by atoms with Gasteiger partial charge in [0.2, 0.25) is 0 Å². The molecule has 3 heteroatoms. The molecular formula is C17H19BrFN. The Hall–Kier alpha value is -1.19. The van der Waals surface area contributed by atoms with Gasteiger partial charge in [-0.15, -0.1) is 0 Å². The van der Waals surface area contributed by atoms with Gasteiger partial charge in [0.25, 0.3) is 0 Å². The van der Waals surface area contributed by atoms with E-state index in [0.29, 0.717) is 12.6 Å². The van der Waals surface area contributed by atoms with Gasteiger partial charge < -0.3 is 0 Å². The van der Waals surface area contributed by atoms with Crippen LogP contribution < -0.4 is 0 Å². The van der Waals surface area contributed by atoms with E-state index in [-0.39, 0.29) is 5.82 Å². The van der Waals surface area contributed by atoms with Crippen LogP contribution in [0.4, 0.5) is 4.39 Å². The van der Waals surface area contributed by atoms with Crippen LogP contribution in [0.3, 0.4) is 0 Å². The van der Waals surface area contributed by atoms with Crippen molar-refractivity contribution in [1.29, 1.82) is 0 Å². The van der Waals surface area contributed by atoms with Gasteiger partial charge >= 0.3 is 0 Å². The van der Waals surface area contributed by atoms with Crippen LogP contribution in [0.25, 0.3) is 0 Å². The van der Waals surface area contributed by atoms with E-state index in [1.54, 1.807) is 0 Å². The molecule has 0 radical (unpaired) electrons. The Bertz CT molecular complexity index is 554. The van der Waals surface area contributed by atoms with E-state index in [1.165, 1.54) is 11.6 Å². The fraction of sp³-hybridized carbons (Fsp3) is 0.294. The van der Waals surface area contributed by atoms with E-state index in [1.807, 2.05) is 30.3 Å². The van der Waals surface area contributed by atoms with Crippen LogP contribution in [0.15, 0.2) is 53.0 Å². The zero-order chi connectivity index (χ0) is 14.5. The summed E-state index contributed by atoms with van der Waals surface area (Å²) < 4.78 is 14.7. The summed E-state index contributed by atoms with van der Waals surface area (Å²) in [4.78, 5) is 2.27. The summed E-state index contributed by atoms with van der Waals surface area (Å²) in [7, 11) is 0. The molecule has 2 aromatic carbocycles. The molecule has 0 atom stereocenters. The zero-order valence-corrected chi connectivity index (χ0v) is 13.4. The molecule has 20 heavy (non-hydrogen) atoms. The van der Waals surface area contributed by atoms with Crippen molar-refractivity contribution in [2.24, 2.45) is 0 Å². The largest absolute Gasteiger partial charge is 0.292 e. The first-order valence-corrected chi connectivity index (χ1v) is 7.57. The van der Waals surface area contributed by atoms with E-state index in [9.17, 15) is 4.39 Å². The van der Waals surface area contributed by atoms with Gasteiger partial charge in [-0.25, -0.2) is 4.39 Å². The van der Waals surface area contributed by atoms with Crippen molar-refractivity contribution >= 4 is 15.9 Å². The second kappa shape index (κ2) is 7.00. The molecule has 0 aliphatic heterocycles. The van der Waals surface area contributed by atoms with Gasteiger partial charge in [-0.1, -0.05) is 52.3 Å². The highest BCUT2D eigenvalue weighted by molar-refractivity contribution is 9.10. The quantitative estimate of drug-likeness (QED) is 0.743. The molecule has 0 fully saturated rings. The minimum Gasteiger partial charge on any atom is -0.292 e. The van der Waals surface area contributed by atoms with Gasteiger partial charge in [0.05, 0.1) is 0 Å². The Morgan fingerprint density at radius 1 is 1.05 bits per heavy atom. The van der Waals surface area contributed by atoms with Crippen molar-refractivity contribution in [3.63, 3.8) is 0 Å². The highest BCUT2D eigenvalue weighted by atomic mass is 79.9. The van der Waals surface area contributed by atoms with Gasteiger partial charge in [0.15, 0.2) is 0 Å². The molecule has 0 saturated heterocycles. The molecule has 106 valence electrons. The normalized spacial score (nSPS) is 11.3. The summed E-state index contributed by atoms with van der Waals surface area (Å²) in [5, 5.41) is 0. The molecule has 0 amide bonds. The smallest absolute Gasteiger partial charge is 0.128 e. The first-order valence-electron chi connectivity index (χ1n) is 6.78. The first-order chi connectivity index (χ1) is 9.56. The standard InChI is InChI=1S/C17H19BrFN/c1-13(2)20(11-14-6-4-3-5-7-14)12-15-8-9-16(18)10-17(15)19/h3-10,13H,11-12H2,1-2H3. The minimum atomic E-state index is -0.155. The molecule has 0 N–H and O–H groups in total. The number of benzene rings is 2. The lowest BCUT2D eigenvalue weighted by Gasteiger charge is -2.27. The Labute approximate surface area is 128 Å². The van der Waals surface area contributed by atoms with E-state index in [4.69, 9.17) is 0 Å². The van der Waals surface area contributed by atoms with E-state index in [2.05, 4.69) is 46.8 Å². The average molecular weight is 336 g/mol. The molecule has 0 aliphatic rings. The van der Waals surface area contributed by atoms with Gasteiger partial charge in [-0.2, -0.15) is 0 Å². The van der Waals surface area contributed by atoms with E-state index in [0.717, 1.165) is 16.6 Å². The lowest BCUT2D eigenvalue weighted by molar-refractivity contribution is 0.201. The van der Waals surface area contributed by atoms with Gasteiger partial charge in [0, 0.05) is 29.2 Å². The second-order valence-electron chi connectivity index (χ2n) is 5.22. The summed E-state index contributed by atoms with van der Waals surface area (Å²) >= 11 is 3.29. The van der Waals surface area contributed by atoms with E-state index >= 15 is 0 Å². The summed E-state index contributed by atoms with van der Waals surface area (Å²) in [5.74, 6) is -0.155. The maximum atomic E-state index is 14.0. The highest BCUT2D eigenvalue weighted by Crippen LogP contribution is 2.19. The monoisotopic (exact) mass is 335 g/mol. The van der Waals surface area contributed by atoms with Crippen molar-refractivity contribution in [2.75, 3.05) is 0 Å². The highest BCUT2D eigenvalue weighted by Gasteiger charge is 2.13. The zero-order valence-electron chi connectivity index (χ0n) is 11.8. The first kappa shape index (κ1) is 15.2. The Morgan fingerprint density at radius 2 is 1.75 bits per heavy atom. The Morgan fingerprint density at radius 3 is 2.35 bits per heavy atom. The average Bonchev–Trinajstić information content (AvgIpc) is 2.42. The molecule has 0 heterocycles. The second-order valence-corrected chi connectivity index (χ2v) is 6.14. The van der Waals surface area contributed by atoms with Crippen molar-refractivity contribution in [3.05, 3.63) is 69.9 Å². The maximum Gasteiger partial charge on any atom is 0.128 e. The van der Waals surface area contributed by atoms with Crippen LogP contribution in [-0.4, -0.2) is 10.9 Å². The van der Waals surface area contributed by atoms with Crippen LogP contribution in [-0.2, 0) is 13.1 Å². The third kappa shape index (κ3) is 4.15. The summed E-state index contributed by atoms with van der Waals surface area (Å²) in [6.07, 6.45) is 0. The molecule has 0 unspecified atom stereocenters. The molecule has 0 aromatic heterocycles. The van der Waals surface area contributed by atoms with Gasteiger partial charge in [-0.3, -0.25) is 4.90 Å². The third-order valence-corrected chi connectivity index (χ3v) is 3.84. The topological polar surface area (TPSA) is 3.24 Å². The maximum absolute atomic E-state index is 14.0. The van der Waals surface area contributed by atoms with E-state index < -0.39 is 0 Å².